The fourth-order valence-electron chi connectivity index (χ4n) is 3.05. The van der Waals surface area contributed by atoms with Crippen LogP contribution in [0.4, 0.5) is 11.4 Å². The van der Waals surface area contributed by atoms with Gasteiger partial charge in [-0.15, -0.1) is 5.10 Å². The molecule has 0 saturated carbocycles. The van der Waals surface area contributed by atoms with Gasteiger partial charge >= 0.3 is 0 Å². The zero-order valence-corrected chi connectivity index (χ0v) is 18.7. The minimum atomic E-state index is -0.230. The van der Waals surface area contributed by atoms with Crippen molar-refractivity contribution >= 4 is 35.0 Å². The normalized spacial score (nSPS) is 10.6. The second kappa shape index (κ2) is 10.6. The third kappa shape index (κ3) is 6.05. The maximum atomic E-state index is 12.7. The SMILES string of the molecule is Cc1ccccc1NC(=O)Cn1nc(-c2ccncc2)nc1SCC(=O)Nc1ccccc1. The lowest BCUT2D eigenvalue weighted by Crippen LogP contribution is -2.21. The first-order valence-corrected chi connectivity index (χ1v) is 11.3. The lowest BCUT2D eigenvalue weighted by Gasteiger charge is -2.09. The number of anilines is 2. The summed E-state index contributed by atoms with van der Waals surface area (Å²) in [6.07, 6.45) is 3.31. The number of amides is 2. The average molecular weight is 459 g/mol. The van der Waals surface area contributed by atoms with Crippen LogP contribution in [0.3, 0.4) is 0 Å². The Morgan fingerprint density at radius 1 is 0.909 bits per heavy atom. The lowest BCUT2D eigenvalue weighted by atomic mass is 10.2. The number of carbonyl (C=O) groups is 2. The highest BCUT2D eigenvalue weighted by molar-refractivity contribution is 7.99. The van der Waals surface area contributed by atoms with Gasteiger partial charge < -0.3 is 10.6 Å². The van der Waals surface area contributed by atoms with E-state index >= 15 is 0 Å². The van der Waals surface area contributed by atoms with Gasteiger partial charge in [-0.05, 0) is 42.8 Å². The van der Waals surface area contributed by atoms with E-state index in [4.69, 9.17) is 0 Å². The Hall–Kier alpha value is -3.98. The van der Waals surface area contributed by atoms with Crippen molar-refractivity contribution in [2.24, 2.45) is 0 Å². The summed E-state index contributed by atoms with van der Waals surface area (Å²) in [5.41, 5.74) is 3.21. The van der Waals surface area contributed by atoms with Crippen LogP contribution in [-0.2, 0) is 16.1 Å². The van der Waals surface area contributed by atoms with Gasteiger partial charge in [0.2, 0.25) is 11.8 Å². The number of aryl methyl sites for hydroxylation is 1. The topological polar surface area (TPSA) is 102 Å². The number of hydrogen-bond donors (Lipinski definition) is 2. The summed E-state index contributed by atoms with van der Waals surface area (Å²) in [7, 11) is 0. The van der Waals surface area contributed by atoms with Gasteiger partial charge in [0.25, 0.3) is 0 Å². The number of carbonyl (C=O) groups excluding carboxylic acids is 2. The van der Waals surface area contributed by atoms with Crippen LogP contribution in [0.15, 0.2) is 84.3 Å². The minimum absolute atomic E-state index is 0.0327. The van der Waals surface area contributed by atoms with E-state index in [0.29, 0.717) is 11.0 Å². The summed E-state index contributed by atoms with van der Waals surface area (Å²) >= 11 is 1.22. The van der Waals surface area contributed by atoms with Gasteiger partial charge in [0.1, 0.15) is 6.54 Å². The Kier molecular flexibility index (Phi) is 7.11. The molecule has 0 spiro atoms. The smallest absolute Gasteiger partial charge is 0.246 e. The Bertz CT molecular complexity index is 1240. The third-order valence-corrected chi connectivity index (χ3v) is 5.65. The van der Waals surface area contributed by atoms with E-state index in [0.717, 1.165) is 22.5 Å². The number of nitrogens with zero attached hydrogens (tertiary/aromatic N) is 4. The molecule has 166 valence electrons. The van der Waals surface area contributed by atoms with Crippen LogP contribution in [0.1, 0.15) is 5.56 Å². The van der Waals surface area contributed by atoms with Crippen LogP contribution >= 0.6 is 11.8 Å². The van der Waals surface area contributed by atoms with E-state index in [-0.39, 0.29) is 24.1 Å². The fourth-order valence-corrected chi connectivity index (χ4v) is 3.79. The van der Waals surface area contributed by atoms with Crippen molar-refractivity contribution in [2.45, 2.75) is 18.6 Å². The number of pyridine rings is 1. The summed E-state index contributed by atoms with van der Waals surface area (Å²) in [6.45, 7) is 1.90. The van der Waals surface area contributed by atoms with Gasteiger partial charge in [-0.2, -0.15) is 0 Å². The second-order valence-electron chi connectivity index (χ2n) is 7.18. The van der Waals surface area contributed by atoms with Crippen molar-refractivity contribution in [1.29, 1.82) is 0 Å². The Labute approximate surface area is 195 Å². The van der Waals surface area contributed by atoms with Crippen LogP contribution in [0, 0.1) is 6.92 Å². The monoisotopic (exact) mass is 458 g/mol. The number of para-hydroxylation sites is 2. The van der Waals surface area contributed by atoms with Crippen molar-refractivity contribution < 1.29 is 9.59 Å². The molecule has 0 aliphatic carbocycles. The van der Waals surface area contributed by atoms with Gasteiger partial charge in [-0.25, -0.2) is 9.67 Å². The first-order valence-electron chi connectivity index (χ1n) is 10.3. The molecule has 0 bridgehead atoms. The molecule has 0 aliphatic heterocycles. The van der Waals surface area contributed by atoms with E-state index in [1.165, 1.54) is 16.4 Å². The molecule has 0 fully saturated rings. The summed E-state index contributed by atoms with van der Waals surface area (Å²) in [5.74, 6) is 0.191. The summed E-state index contributed by atoms with van der Waals surface area (Å²) < 4.78 is 1.52. The number of thioether (sulfide) groups is 1. The molecule has 2 N–H and O–H groups in total. The average Bonchev–Trinajstić information content (AvgIpc) is 3.23. The molecule has 4 rings (SSSR count). The molecule has 33 heavy (non-hydrogen) atoms. The molecule has 9 heteroatoms. The predicted octanol–water partition coefficient (Wildman–Crippen LogP) is 4.02. The maximum Gasteiger partial charge on any atom is 0.246 e. The van der Waals surface area contributed by atoms with Crippen LogP contribution < -0.4 is 10.6 Å². The highest BCUT2D eigenvalue weighted by Crippen LogP contribution is 2.22. The van der Waals surface area contributed by atoms with Crippen molar-refractivity contribution in [3.8, 4) is 11.4 Å². The van der Waals surface area contributed by atoms with Crippen LogP contribution in [0.25, 0.3) is 11.4 Å². The molecule has 2 amide bonds. The molecule has 0 unspecified atom stereocenters. The predicted molar refractivity (Wildman–Crippen MR) is 129 cm³/mol. The summed E-state index contributed by atoms with van der Waals surface area (Å²) in [6, 6.07) is 20.4. The zero-order chi connectivity index (χ0) is 23.0. The molecule has 0 aliphatic rings. The Morgan fingerprint density at radius 2 is 1.64 bits per heavy atom. The van der Waals surface area contributed by atoms with E-state index in [1.807, 2.05) is 61.5 Å². The second-order valence-corrected chi connectivity index (χ2v) is 8.12. The molecule has 0 radical (unpaired) electrons. The molecule has 2 aromatic heterocycles. The highest BCUT2D eigenvalue weighted by Gasteiger charge is 2.17. The first-order chi connectivity index (χ1) is 16.1. The quantitative estimate of drug-likeness (QED) is 0.387. The molecule has 0 saturated heterocycles. The van der Waals surface area contributed by atoms with E-state index in [1.54, 1.807) is 24.5 Å². The van der Waals surface area contributed by atoms with Gasteiger partial charge in [0.15, 0.2) is 11.0 Å². The van der Waals surface area contributed by atoms with Crippen molar-refractivity contribution in [2.75, 3.05) is 16.4 Å². The van der Waals surface area contributed by atoms with Gasteiger partial charge in [0, 0.05) is 29.3 Å². The first kappa shape index (κ1) is 22.2. The van der Waals surface area contributed by atoms with E-state index in [2.05, 4.69) is 25.7 Å². The van der Waals surface area contributed by atoms with E-state index in [9.17, 15) is 9.59 Å². The van der Waals surface area contributed by atoms with Crippen molar-refractivity contribution in [3.05, 3.63) is 84.7 Å². The zero-order valence-electron chi connectivity index (χ0n) is 17.9. The molecule has 2 heterocycles. The molecule has 4 aromatic rings. The van der Waals surface area contributed by atoms with Crippen LogP contribution in [0.2, 0.25) is 0 Å². The highest BCUT2D eigenvalue weighted by atomic mass is 32.2. The van der Waals surface area contributed by atoms with Gasteiger partial charge in [0.05, 0.1) is 5.75 Å². The third-order valence-electron chi connectivity index (χ3n) is 4.68. The molecular formula is C24H22N6O2S. The number of aromatic nitrogens is 4. The number of benzene rings is 2. The molecular weight excluding hydrogens is 436 g/mol. The van der Waals surface area contributed by atoms with Gasteiger partial charge in [-0.1, -0.05) is 48.2 Å². The summed E-state index contributed by atoms with van der Waals surface area (Å²) in [4.78, 5) is 33.7. The Balaban J connectivity index is 1.49. The Morgan fingerprint density at radius 3 is 2.39 bits per heavy atom. The lowest BCUT2D eigenvalue weighted by molar-refractivity contribution is -0.117. The fraction of sp³-hybridized carbons (Fsp3) is 0.125. The maximum absolute atomic E-state index is 12.7. The van der Waals surface area contributed by atoms with Crippen molar-refractivity contribution in [3.63, 3.8) is 0 Å². The van der Waals surface area contributed by atoms with Crippen LogP contribution in [-0.4, -0.2) is 37.3 Å². The largest absolute Gasteiger partial charge is 0.325 e. The number of hydrogen-bond acceptors (Lipinski definition) is 6. The molecule has 8 nitrogen and oxygen atoms in total. The number of nitrogens with one attached hydrogen (secondary N) is 2. The summed E-state index contributed by atoms with van der Waals surface area (Å²) in [5, 5.41) is 10.7. The molecule has 2 aromatic carbocycles. The minimum Gasteiger partial charge on any atom is -0.325 e. The van der Waals surface area contributed by atoms with Crippen LogP contribution in [0.5, 0.6) is 0 Å². The molecule has 0 atom stereocenters. The van der Waals surface area contributed by atoms with Gasteiger partial charge in [-0.3, -0.25) is 14.6 Å². The van der Waals surface area contributed by atoms with Crippen molar-refractivity contribution in [1.82, 2.24) is 19.7 Å². The standard InChI is InChI=1S/C24H22N6O2S/c1-17-7-5-6-10-20(17)27-21(31)15-30-24(28-23(29-30)18-11-13-25-14-12-18)33-16-22(32)26-19-8-3-2-4-9-19/h2-14H,15-16H2,1H3,(H,26,32)(H,27,31). The van der Waals surface area contributed by atoms with E-state index < -0.39 is 0 Å². The number of rotatable bonds is 8.